The Morgan fingerprint density at radius 1 is 1.03 bits per heavy atom. The van der Waals surface area contributed by atoms with E-state index in [2.05, 4.69) is 76.0 Å². The number of nitrogens with zero attached hydrogens (tertiary/aromatic N) is 1. The summed E-state index contributed by atoms with van der Waals surface area (Å²) in [6.07, 6.45) is 3.06. The molecular weight excluding hydrogens is 410 g/mol. The summed E-state index contributed by atoms with van der Waals surface area (Å²) in [5.74, 6) is 0.927. The Morgan fingerprint density at radius 3 is 2.61 bits per heavy atom. The number of rotatable bonds is 7. The van der Waals surface area contributed by atoms with Crippen LogP contribution in [0.3, 0.4) is 0 Å². The first-order valence-electron chi connectivity index (χ1n) is 11.5. The average molecular weight is 440 g/mol. The molecule has 0 aliphatic carbocycles. The van der Waals surface area contributed by atoms with Gasteiger partial charge in [-0.1, -0.05) is 54.6 Å². The van der Waals surface area contributed by atoms with Crippen LogP contribution in [0, 0.1) is 0 Å². The number of methoxy groups -OCH3 is 1. The summed E-state index contributed by atoms with van der Waals surface area (Å²) in [5, 5.41) is 4.39. The highest BCUT2D eigenvalue weighted by molar-refractivity contribution is 5.84. The zero-order valence-electron chi connectivity index (χ0n) is 18.9. The van der Waals surface area contributed by atoms with Gasteiger partial charge in [-0.25, -0.2) is 0 Å². The van der Waals surface area contributed by atoms with Gasteiger partial charge in [0.05, 0.1) is 13.7 Å². The van der Waals surface area contributed by atoms with Crippen molar-refractivity contribution in [2.75, 3.05) is 26.7 Å². The molecule has 0 fully saturated rings. The minimum atomic E-state index is 0.0399. The molecule has 2 heterocycles. The number of ether oxygens (including phenoxy) is 1. The third-order valence-electron chi connectivity index (χ3n) is 6.60. The van der Waals surface area contributed by atoms with E-state index in [0.29, 0.717) is 13.1 Å². The number of fused-ring (bicyclic) bond motifs is 2. The normalized spacial score (nSPS) is 14.6. The Labute approximate surface area is 194 Å². The fourth-order valence-corrected chi connectivity index (χ4v) is 4.79. The Kier molecular flexibility index (Phi) is 6.13. The molecule has 1 atom stereocenters. The third kappa shape index (κ3) is 4.64. The van der Waals surface area contributed by atoms with Crippen molar-refractivity contribution < 1.29 is 9.53 Å². The Hall–Kier alpha value is -3.57. The van der Waals surface area contributed by atoms with Crippen molar-refractivity contribution in [3.8, 4) is 5.75 Å². The fourth-order valence-electron chi connectivity index (χ4n) is 4.79. The largest absolute Gasteiger partial charge is 0.497 e. The number of amides is 1. The molecule has 168 valence electrons. The molecule has 1 aromatic heterocycles. The van der Waals surface area contributed by atoms with Crippen LogP contribution in [-0.4, -0.2) is 42.5 Å². The number of carbonyl (C=O) groups is 1. The number of H-pyrrole nitrogens is 1. The summed E-state index contributed by atoms with van der Waals surface area (Å²) >= 11 is 0. The number of nitrogens with one attached hydrogen (secondary N) is 2. The maximum Gasteiger partial charge on any atom is 0.234 e. The van der Waals surface area contributed by atoms with Gasteiger partial charge >= 0.3 is 0 Å². The SMILES string of the molecule is COc1ccc(C(CNC(=O)CN2CCc3ccccc3C2)c2c[nH]c3ccccc23)cc1. The number of aromatic amines is 1. The van der Waals surface area contributed by atoms with Gasteiger partial charge < -0.3 is 15.0 Å². The second-order valence-corrected chi connectivity index (χ2v) is 8.65. The van der Waals surface area contributed by atoms with Crippen molar-refractivity contribution in [1.82, 2.24) is 15.2 Å². The van der Waals surface area contributed by atoms with Crippen LogP contribution in [-0.2, 0) is 17.8 Å². The van der Waals surface area contributed by atoms with Gasteiger partial charge in [0.2, 0.25) is 5.91 Å². The van der Waals surface area contributed by atoms with E-state index in [1.165, 1.54) is 22.1 Å². The van der Waals surface area contributed by atoms with Gasteiger partial charge in [0.15, 0.2) is 0 Å². The first kappa shape index (κ1) is 21.3. The van der Waals surface area contributed by atoms with Crippen molar-refractivity contribution in [2.24, 2.45) is 0 Å². The van der Waals surface area contributed by atoms with Gasteiger partial charge in [-0.15, -0.1) is 0 Å². The lowest BCUT2D eigenvalue weighted by atomic mass is 9.90. The summed E-state index contributed by atoms with van der Waals surface area (Å²) in [5.41, 5.74) is 6.15. The van der Waals surface area contributed by atoms with Crippen molar-refractivity contribution in [3.05, 3.63) is 101 Å². The number of hydrogen-bond donors (Lipinski definition) is 2. The van der Waals surface area contributed by atoms with Crippen LogP contribution < -0.4 is 10.1 Å². The van der Waals surface area contributed by atoms with Gasteiger partial charge in [-0.05, 0) is 46.9 Å². The predicted molar refractivity (Wildman–Crippen MR) is 132 cm³/mol. The number of aromatic nitrogens is 1. The monoisotopic (exact) mass is 439 g/mol. The summed E-state index contributed by atoms with van der Waals surface area (Å²) in [4.78, 5) is 18.5. The van der Waals surface area contributed by atoms with E-state index >= 15 is 0 Å². The first-order chi connectivity index (χ1) is 16.2. The molecule has 1 amide bonds. The summed E-state index contributed by atoms with van der Waals surface area (Å²) < 4.78 is 5.34. The Bertz CT molecular complexity index is 1250. The molecule has 0 bridgehead atoms. The van der Waals surface area contributed by atoms with Crippen molar-refractivity contribution in [2.45, 2.75) is 18.9 Å². The third-order valence-corrected chi connectivity index (χ3v) is 6.60. The van der Waals surface area contributed by atoms with E-state index in [1.54, 1.807) is 7.11 Å². The second-order valence-electron chi connectivity index (χ2n) is 8.65. The molecule has 5 heteroatoms. The molecule has 0 spiro atoms. The van der Waals surface area contributed by atoms with Gasteiger partial charge in [0.1, 0.15) is 5.75 Å². The minimum Gasteiger partial charge on any atom is -0.497 e. The van der Waals surface area contributed by atoms with E-state index in [-0.39, 0.29) is 11.8 Å². The van der Waals surface area contributed by atoms with Crippen molar-refractivity contribution in [3.63, 3.8) is 0 Å². The lowest BCUT2D eigenvalue weighted by Gasteiger charge is -2.28. The van der Waals surface area contributed by atoms with E-state index in [9.17, 15) is 4.79 Å². The van der Waals surface area contributed by atoms with Gasteiger partial charge in [-0.3, -0.25) is 9.69 Å². The van der Waals surface area contributed by atoms with Crippen LogP contribution in [0.5, 0.6) is 5.75 Å². The van der Waals surface area contributed by atoms with Crippen LogP contribution in [0.2, 0.25) is 0 Å². The molecule has 2 N–H and O–H groups in total. The zero-order chi connectivity index (χ0) is 22.6. The fraction of sp³-hybridized carbons (Fsp3) is 0.250. The number of hydrogen-bond acceptors (Lipinski definition) is 3. The highest BCUT2D eigenvalue weighted by Crippen LogP contribution is 2.31. The molecule has 0 radical (unpaired) electrons. The van der Waals surface area contributed by atoms with Gasteiger partial charge in [0, 0.05) is 42.7 Å². The van der Waals surface area contributed by atoms with Crippen LogP contribution in [0.4, 0.5) is 0 Å². The molecule has 5 nitrogen and oxygen atoms in total. The molecule has 1 aliphatic rings. The summed E-state index contributed by atoms with van der Waals surface area (Å²) in [7, 11) is 1.67. The van der Waals surface area contributed by atoms with E-state index in [4.69, 9.17) is 4.74 Å². The maximum atomic E-state index is 12.9. The first-order valence-corrected chi connectivity index (χ1v) is 11.5. The zero-order valence-corrected chi connectivity index (χ0v) is 18.9. The van der Waals surface area contributed by atoms with Crippen molar-refractivity contribution in [1.29, 1.82) is 0 Å². The molecule has 0 saturated carbocycles. The number of carbonyl (C=O) groups excluding carboxylic acids is 1. The lowest BCUT2D eigenvalue weighted by molar-refractivity contribution is -0.122. The molecule has 4 aromatic rings. The Balaban J connectivity index is 1.31. The highest BCUT2D eigenvalue weighted by atomic mass is 16.5. The average Bonchev–Trinajstić information content (AvgIpc) is 3.28. The number of para-hydroxylation sites is 1. The molecule has 3 aromatic carbocycles. The van der Waals surface area contributed by atoms with Crippen LogP contribution in [0.1, 0.15) is 28.2 Å². The van der Waals surface area contributed by atoms with E-state index < -0.39 is 0 Å². The summed E-state index contributed by atoms with van der Waals surface area (Å²) in [6, 6.07) is 24.9. The molecular formula is C28H29N3O2. The Morgan fingerprint density at radius 2 is 1.79 bits per heavy atom. The van der Waals surface area contributed by atoms with Gasteiger partial charge in [0.25, 0.3) is 0 Å². The van der Waals surface area contributed by atoms with E-state index in [0.717, 1.165) is 36.3 Å². The van der Waals surface area contributed by atoms with Gasteiger partial charge in [-0.2, -0.15) is 0 Å². The molecule has 1 unspecified atom stereocenters. The number of benzene rings is 3. The smallest absolute Gasteiger partial charge is 0.234 e. The predicted octanol–water partition coefficient (Wildman–Crippen LogP) is 4.48. The van der Waals surface area contributed by atoms with Crippen molar-refractivity contribution >= 4 is 16.8 Å². The quantitative estimate of drug-likeness (QED) is 0.446. The van der Waals surface area contributed by atoms with Crippen LogP contribution >= 0.6 is 0 Å². The lowest BCUT2D eigenvalue weighted by Crippen LogP contribution is -2.41. The topological polar surface area (TPSA) is 57.4 Å². The molecule has 33 heavy (non-hydrogen) atoms. The van der Waals surface area contributed by atoms with Crippen LogP contribution in [0.25, 0.3) is 10.9 Å². The summed E-state index contributed by atoms with van der Waals surface area (Å²) in [6.45, 7) is 2.69. The molecule has 5 rings (SSSR count). The molecule has 0 saturated heterocycles. The van der Waals surface area contributed by atoms with Crippen LogP contribution in [0.15, 0.2) is 79.0 Å². The highest BCUT2D eigenvalue weighted by Gasteiger charge is 2.21. The minimum absolute atomic E-state index is 0.0399. The molecule has 1 aliphatic heterocycles. The van der Waals surface area contributed by atoms with E-state index in [1.807, 2.05) is 18.2 Å². The maximum absolute atomic E-state index is 12.9. The second kappa shape index (κ2) is 9.51. The standard InChI is InChI=1S/C28H29N3O2/c1-33-23-12-10-21(11-13-23)25(26-17-29-27-9-5-4-8-24(26)27)16-30-28(32)19-31-15-14-20-6-2-3-7-22(20)18-31/h2-13,17,25,29H,14-16,18-19H2,1H3,(H,30,32).